The lowest BCUT2D eigenvalue weighted by atomic mass is 10.2. The molecule has 0 unspecified atom stereocenters. The second-order valence-corrected chi connectivity index (χ2v) is 6.21. The number of fused-ring (bicyclic) bond motifs is 3. The van der Waals surface area contributed by atoms with E-state index < -0.39 is 11.2 Å². The number of aromatic nitrogens is 4. The molecule has 23 heavy (non-hydrogen) atoms. The minimum absolute atomic E-state index is 0.398. The Morgan fingerprint density at radius 1 is 1.17 bits per heavy atom. The van der Waals surface area contributed by atoms with Gasteiger partial charge in [0.1, 0.15) is 9.53 Å². The molecule has 3 aromatic rings. The molecule has 0 saturated carbocycles. The monoisotopic (exact) mass is 324 g/mol. The van der Waals surface area contributed by atoms with Gasteiger partial charge in [0.05, 0.1) is 16.6 Å². The molecule has 0 aromatic carbocycles. The molecule has 1 aliphatic carbocycles. The number of allylic oxidation sites excluding steroid dienone is 6. The van der Waals surface area contributed by atoms with E-state index in [0.29, 0.717) is 20.9 Å². The van der Waals surface area contributed by atoms with Gasteiger partial charge in [-0.1, -0.05) is 30.4 Å². The van der Waals surface area contributed by atoms with Gasteiger partial charge in [0.2, 0.25) is 0 Å². The normalized spacial score (nSPS) is 14.4. The summed E-state index contributed by atoms with van der Waals surface area (Å²) in [6.07, 6.45) is 10.8. The first-order valence-corrected chi connectivity index (χ1v) is 7.92. The van der Waals surface area contributed by atoms with E-state index in [-0.39, 0.29) is 0 Å². The molecule has 2 N–H and O–H groups in total. The lowest BCUT2D eigenvalue weighted by Gasteiger charge is -2.03. The van der Waals surface area contributed by atoms with Crippen molar-refractivity contribution in [3.05, 3.63) is 62.7 Å². The van der Waals surface area contributed by atoms with Gasteiger partial charge in [-0.25, -0.2) is 14.8 Å². The van der Waals surface area contributed by atoms with Crippen LogP contribution in [0.5, 0.6) is 0 Å². The number of nitrogens with one attached hydrogen (secondary N) is 2. The number of rotatable bonds is 1. The first kappa shape index (κ1) is 13.8. The van der Waals surface area contributed by atoms with E-state index in [1.807, 2.05) is 25.2 Å². The van der Waals surface area contributed by atoms with Crippen LogP contribution in [0.2, 0.25) is 0 Å². The Labute approximate surface area is 133 Å². The van der Waals surface area contributed by atoms with Crippen molar-refractivity contribution >= 4 is 37.3 Å². The molecule has 3 aromatic heterocycles. The van der Waals surface area contributed by atoms with E-state index in [2.05, 4.69) is 32.1 Å². The zero-order valence-corrected chi connectivity index (χ0v) is 13.0. The molecule has 7 heteroatoms. The molecule has 0 atom stereocenters. The average molecular weight is 324 g/mol. The van der Waals surface area contributed by atoms with Crippen LogP contribution in [0.4, 0.5) is 0 Å². The zero-order valence-electron chi connectivity index (χ0n) is 12.2. The van der Waals surface area contributed by atoms with Gasteiger partial charge in [0, 0.05) is 5.57 Å². The summed E-state index contributed by atoms with van der Waals surface area (Å²) in [5.74, 6) is 0.625. The van der Waals surface area contributed by atoms with Crippen molar-refractivity contribution in [3.8, 4) is 0 Å². The summed E-state index contributed by atoms with van der Waals surface area (Å²) in [6, 6.07) is 0. The number of hydrogen-bond donors (Lipinski definition) is 2. The van der Waals surface area contributed by atoms with Crippen LogP contribution in [-0.4, -0.2) is 19.9 Å². The first-order valence-electron chi connectivity index (χ1n) is 7.10. The molecule has 0 aliphatic heterocycles. The zero-order chi connectivity index (χ0) is 16.0. The number of H-pyrrole nitrogens is 2. The summed E-state index contributed by atoms with van der Waals surface area (Å²) in [6.45, 7) is 1.86. The second kappa shape index (κ2) is 5.13. The van der Waals surface area contributed by atoms with Gasteiger partial charge in [-0.15, -0.1) is 11.3 Å². The van der Waals surface area contributed by atoms with E-state index in [1.54, 1.807) is 0 Å². The molecule has 6 nitrogen and oxygen atoms in total. The molecule has 114 valence electrons. The van der Waals surface area contributed by atoms with Crippen LogP contribution in [0.15, 0.2) is 40.0 Å². The van der Waals surface area contributed by atoms with Crippen molar-refractivity contribution in [1.82, 2.24) is 19.9 Å². The highest BCUT2D eigenvalue weighted by molar-refractivity contribution is 7.25. The topological polar surface area (TPSA) is 91.5 Å². The summed E-state index contributed by atoms with van der Waals surface area (Å²) in [7, 11) is 0. The molecular weight excluding hydrogens is 312 g/mol. The van der Waals surface area contributed by atoms with Crippen molar-refractivity contribution in [3.63, 3.8) is 0 Å². The maximum absolute atomic E-state index is 12.0. The summed E-state index contributed by atoms with van der Waals surface area (Å²) in [5.41, 5.74) is 1.27. The molecule has 0 bridgehead atoms. The smallest absolute Gasteiger partial charge is 0.305 e. The summed E-state index contributed by atoms with van der Waals surface area (Å²) >= 11 is 1.26. The van der Waals surface area contributed by atoms with E-state index >= 15 is 0 Å². The van der Waals surface area contributed by atoms with Gasteiger partial charge in [0.25, 0.3) is 5.56 Å². The Morgan fingerprint density at radius 2 is 2.04 bits per heavy atom. The van der Waals surface area contributed by atoms with Gasteiger partial charge >= 0.3 is 5.69 Å². The van der Waals surface area contributed by atoms with Crippen molar-refractivity contribution in [1.29, 1.82) is 0 Å². The quantitative estimate of drug-likeness (QED) is 0.719. The maximum atomic E-state index is 12.0. The highest BCUT2D eigenvalue weighted by Crippen LogP contribution is 2.31. The van der Waals surface area contributed by atoms with Gasteiger partial charge in [-0.05, 0) is 13.3 Å². The molecule has 0 amide bonds. The minimum atomic E-state index is -0.522. The van der Waals surface area contributed by atoms with E-state index in [4.69, 9.17) is 0 Å². The van der Waals surface area contributed by atoms with Crippen LogP contribution in [0.25, 0.3) is 26.0 Å². The molecule has 0 saturated heterocycles. The Kier molecular flexibility index (Phi) is 3.09. The molecule has 0 radical (unpaired) electrons. The highest BCUT2D eigenvalue weighted by atomic mass is 32.1. The highest BCUT2D eigenvalue weighted by Gasteiger charge is 2.16. The number of thiophene rings is 1. The fourth-order valence-corrected chi connectivity index (χ4v) is 3.70. The Morgan fingerprint density at radius 3 is 2.91 bits per heavy atom. The van der Waals surface area contributed by atoms with Crippen LogP contribution in [0.3, 0.4) is 0 Å². The predicted octanol–water partition coefficient (Wildman–Crippen LogP) is 2.43. The number of aromatic amines is 2. The van der Waals surface area contributed by atoms with Gasteiger partial charge in [0.15, 0.2) is 5.82 Å². The fourth-order valence-electron chi connectivity index (χ4n) is 2.63. The van der Waals surface area contributed by atoms with Crippen LogP contribution in [-0.2, 0) is 0 Å². The number of nitrogens with zero attached hydrogens (tertiary/aromatic N) is 2. The lowest BCUT2D eigenvalue weighted by molar-refractivity contribution is 1.08. The fraction of sp³-hybridized carbons (Fsp3) is 0.125. The van der Waals surface area contributed by atoms with Crippen LogP contribution >= 0.6 is 11.3 Å². The van der Waals surface area contributed by atoms with Crippen LogP contribution in [0, 0.1) is 6.92 Å². The Hall–Kier alpha value is -2.80. The third-order valence-electron chi connectivity index (χ3n) is 3.66. The number of hydrogen-bond acceptors (Lipinski definition) is 5. The molecule has 4 rings (SSSR count). The average Bonchev–Trinajstić information content (AvgIpc) is 2.70. The summed E-state index contributed by atoms with van der Waals surface area (Å²) < 4.78 is 0.459. The Balaban J connectivity index is 2.04. The summed E-state index contributed by atoms with van der Waals surface area (Å²) in [5, 5.41) is 0.730. The molecule has 0 fully saturated rings. The SMILES string of the molecule is Cc1nc(C2=CCC=CC=C2)nc2sc3c(=O)[nH]c(=O)[nH]c3c12. The van der Waals surface area contributed by atoms with E-state index in [9.17, 15) is 9.59 Å². The van der Waals surface area contributed by atoms with E-state index in [1.165, 1.54) is 11.3 Å². The van der Waals surface area contributed by atoms with Crippen LogP contribution in [0.1, 0.15) is 17.9 Å². The van der Waals surface area contributed by atoms with Crippen molar-refractivity contribution in [2.45, 2.75) is 13.3 Å². The third kappa shape index (κ3) is 2.25. The standard InChI is InChI=1S/C16H12N4O2S/c1-8-10-11-12(14(21)20-16(22)18-11)23-15(10)19-13(17-8)9-6-4-2-3-5-7-9/h2-4,6-7H,5H2,1H3,(H2,18,20,21,22). The van der Waals surface area contributed by atoms with Crippen molar-refractivity contribution in [2.24, 2.45) is 0 Å². The minimum Gasteiger partial charge on any atom is -0.305 e. The van der Waals surface area contributed by atoms with Crippen molar-refractivity contribution in [2.75, 3.05) is 0 Å². The molecular formula is C16H12N4O2S. The maximum Gasteiger partial charge on any atom is 0.326 e. The summed E-state index contributed by atoms with van der Waals surface area (Å²) in [4.78, 5) is 38.3. The van der Waals surface area contributed by atoms with Crippen LogP contribution < -0.4 is 11.2 Å². The second-order valence-electron chi connectivity index (χ2n) is 5.21. The Bertz CT molecular complexity index is 1140. The van der Waals surface area contributed by atoms with Crippen molar-refractivity contribution < 1.29 is 0 Å². The number of aryl methyl sites for hydroxylation is 1. The van der Waals surface area contributed by atoms with E-state index in [0.717, 1.165) is 23.1 Å². The third-order valence-corrected chi connectivity index (χ3v) is 4.74. The molecule has 0 spiro atoms. The molecule has 3 heterocycles. The van der Waals surface area contributed by atoms with Gasteiger partial charge < -0.3 is 4.98 Å². The molecule has 1 aliphatic rings. The lowest BCUT2D eigenvalue weighted by Crippen LogP contribution is -2.20. The van der Waals surface area contributed by atoms with Gasteiger partial charge in [-0.3, -0.25) is 9.78 Å². The van der Waals surface area contributed by atoms with Gasteiger partial charge in [-0.2, -0.15) is 0 Å². The first-order chi connectivity index (χ1) is 11.1. The predicted molar refractivity (Wildman–Crippen MR) is 91.8 cm³/mol. The largest absolute Gasteiger partial charge is 0.326 e.